The number of primary amides is 1. The quantitative estimate of drug-likeness (QED) is 0.243. The van der Waals surface area contributed by atoms with E-state index in [1.807, 2.05) is 66.3 Å². The summed E-state index contributed by atoms with van der Waals surface area (Å²) >= 11 is 0. The third kappa shape index (κ3) is 6.78. The van der Waals surface area contributed by atoms with E-state index in [1.165, 1.54) is 0 Å². The SMILES string of the molecule is CCn1nc(C)c2c1C(=O)Cc1nc3cc(C(N)=O)ccc3n1CCNCCn1c(nc3ccccc31)NC(=O)c1cc(C)nn1CCCCC2. The normalized spacial score (nSPS) is 15.4. The number of carbonyl (C=O) groups excluding carboxylic acids is 3. The zero-order valence-corrected chi connectivity index (χ0v) is 29.3. The second-order valence-corrected chi connectivity index (χ2v) is 13.1. The van der Waals surface area contributed by atoms with Crippen LogP contribution in [0.4, 0.5) is 5.95 Å². The second-order valence-electron chi connectivity index (χ2n) is 13.1. The van der Waals surface area contributed by atoms with Crippen molar-refractivity contribution < 1.29 is 14.4 Å². The van der Waals surface area contributed by atoms with Crippen molar-refractivity contribution in [2.75, 3.05) is 18.4 Å². The number of anilines is 1. The summed E-state index contributed by atoms with van der Waals surface area (Å²) in [6, 6.07) is 14.8. The highest BCUT2D eigenvalue weighted by Gasteiger charge is 2.24. The first-order valence-corrected chi connectivity index (χ1v) is 17.6. The summed E-state index contributed by atoms with van der Waals surface area (Å²) in [5.41, 5.74) is 12.8. The lowest BCUT2D eigenvalue weighted by Crippen LogP contribution is -2.26. The van der Waals surface area contributed by atoms with Crippen LogP contribution in [0.3, 0.4) is 0 Å². The minimum absolute atomic E-state index is 0.0450. The number of amides is 2. The molecule has 0 bridgehead atoms. The molecule has 51 heavy (non-hydrogen) atoms. The average molecular weight is 690 g/mol. The van der Waals surface area contributed by atoms with Crippen molar-refractivity contribution in [3.05, 3.63) is 88.3 Å². The first kappa shape index (κ1) is 33.8. The number of rotatable bonds is 2. The van der Waals surface area contributed by atoms with Crippen molar-refractivity contribution in [3.8, 4) is 0 Å². The summed E-state index contributed by atoms with van der Waals surface area (Å²) in [7, 11) is 0. The Morgan fingerprint density at radius 3 is 2.47 bits per heavy atom. The summed E-state index contributed by atoms with van der Waals surface area (Å²) in [6.45, 7) is 9.25. The van der Waals surface area contributed by atoms with Crippen LogP contribution in [0.5, 0.6) is 0 Å². The van der Waals surface area contributed by atoms with Crippen LogP contribution in [-0.2, 0) is 39.0 Å². The molecule has 4 aromatic heterocycles. The van der Waals surface area contributed by atoms with Crippen LogP contribution in [0.2, 0.25) is 0 Å². The standard InChI is InChI=1S/C37H43N11O3/c1-4-47-34-26(24(3)44-47)10-6-5-9-17-48-31(20-23(2)43-48)36(51)42-37-41-27-11-7-8-12-29(27)46(37)19-16-39-15-18-45-30-14-13-25(35(38)50)21-28(30)40-33(45)22-32(34)49/h7-8,11-14,20-21,39H,4-6,9-10,15-19,22H2,1-3H3,(H2,38,50)(H,41,42,51). The lowest BCUT2D eigenvalue weighted by Gasteiger charge is -2.14. The Hall–Kier alpha value is -5.63. The van der Waals surface area contributed by atoms with Gasteiger partial charge >= 0.3 is 0 Å². The molecule has 5 heterocycles. The van der Waals surface area contributed by atoms with Gasteiger partial charge in [0.05, 0.1) is 39.9 Å². The van der Waals surface area contributed by atoms with E-state index in [0.717, 1.165) is 52.8 Å². The number of Topliss-reactive ketones (excluding diaryl/α,β-unsaturated/α-hetero) is 1. The van der Waals surface area contributed by atoms with Crippen LogP contribution >= 0.6 is 0 Å². The van der Waals surface area contributed by atoms with Crippen molar-refractivity contribution in [2.45, 2.75) is 79.1 Å². The molecule has 0 spiro atoms. The summed E-state index contributed by atoms with van der Waals surface area (Å²) in [6.07, 6.45) is 3.34. The van der Waals surface area contributed by atoms with E-state index in [-0.39, 0.29) is 18.1 Å². The van der Waals surface area contributed by atoms with Gasteiger partial charge in [-0.25, -0.2) is 9.97 Å². The maximum atomic E-state index is 14.2. The second kappa shape index (κ2) is 14.3. The van der Waals surface area contributed by atoms with Crippen molar-refractivity contribution in [1.82, 2.24) is 44.0 Å². The largest absolute Gasteiger partial charge is 0.366 e. The number of hydrogen-bond acceptors (Lipinski definition) is 8. The number of aryl methyl sites for hydroxylation is 4. The van der Waals surface area contributed by atoms with Gasteiger partial charge in [0.2, 0.25) is 11.9 Å². The third-order valence-electron chi connectivity index (χ3n) is 9.58. The highest BCUT2D eigenvalue weighted by Crippen LogP contribution is 2.24. The van der Waals surface area contributed by atoms with E-state index in [2.05, 4.69) is 15.7 Å². The third-order valence-corrected chi connectivity index (χ3v) is 9.58. The van der Waals surface area contributed by atoms with Crippen LogP contribution in [0.15, 0.2) is 48.5 Å². The summed E-state index contributed by atoms with van der Waals surface area (Å²) in [4.78, 5) is 49.5. The van der Waals surface area contributed by atoms with Crippen molar-refractivity contribution >= 4 is 45.6 Å². The Labute approximate surface area is 295 Å². The number of imidazole rings is 2. The molecule has 0 radical (unpaired) electrons. The molecule has 14 nitrogen and oxygen atoms in total. The maximum Gasteiger partial charge on any atom is 0.276 e. The zero-order valence-electron chi connectivity index (χ0n) is 29.3. The number of nitrogens with zero attached hydrogens (tertiary/aromatic N) is 8. The predicted molar refractivity (Wildman–Crippen MR) is 194 cm³/mol. The Morgan fingerprint density at radius 2 is 1.67 bits per heavy atom. The lowest BCUT2D eigenvalue weighted by molar-refractivity contribution is 0.0975. The molecule has 0 fully saturated rings. The molecule has 1 aliphatic rings. The molecule has 0 saturated heterocycles. The Kier molecular flexibility index (Phi) is 9.50. The van der Waals surface area contributed by atoms with Gasteiger partial charge in [-0.05, 0) is 76.4 Å². The monoisotopic (exact) mass is 689 g/mol. The molecule has 264 valence electrons. The molecule has 6 aromatic rings. The van der Waals surface area contributed by atoms with Gasteiger partial charge in [0.25, 0.3) is 5.91 Å². The smallest absolute Gasteiger partial charge is 0.276 e. The molecule has 0 aliphatic carbocycles. The highest BCUT2D eigenvalue weighted by molar-refractivity contribution is 6.03. The van der Waals surface area contributed by atoms with E-state index in [9.17, 15) is 14.4 Å². The molecule has 0 atom stereocenters. The number of nitrogens with one attached hydrogen (secondary N) is 2. The Bertz CT molecular complexity index is 2270. The van der Waals surface area contributed by atoms with Gasteiger partial charge in [-0.2, -0.15) is 10.2 Å². The average Bonchev–Trinajstić information content (AvgIpc) is 3.85. The molecule has 2 amide bonds. The van der Waals surface area contributed by atoms with E-state index >= 15 is 0 Å². The van der Waals surface area contributed by atoms with Gasteiger partial charge in [-0.15, -0.1) is 0 Å². The fourth-order valence-electron chi connectivity index (χ4n) is 7.11. The molecular weight excluding hydrogens is 646 g/mol. The van der Waals surface area contributed by atoms with Gasteiger partial charge in [0, 0.05) is 50.4 Å². The lowest BCUT2D eigenvalue weighted by atomic mass is 10.0. The van der Waals surface area contributed by atoms with E-state index in [1.54, 1.807) is 21.5 Å². The number of fused-ring (bicyclic) bond motifs is 8. The molecule has 7 rings (SSSR count). The van der Waals surface area contributed by atoms with Crippen LogP contribution in [-0.4, -0.2) is 69.4 Å². The molecule has 4 N–H and O–H groups in total. The zero-order chi connectivity index (χ0) is 35.6. The van der Waals surface area contributed by atoms with E-state index in [0.29, 0.717) is 79.9 Å². The Morgan fingerprint density at radius 1 is 0.882 bits per heavy atom. The fraction of sp³-hybridized carbons (Fsp3) is 0.378. The number of ketones is 1. The first-order chi connectivity index (χ1) is 24.7. The number of carbonyl (C=O) groups is 3. The van der Waals surface area contributed by atoms with Crippen molar-refractivity contribution in [1.29, 1.82) is 0 Å². The van der Waals surface area contributed by atoms with Crippen molar-refractivity contribution in [2.24, 2.45) is 5.73 Å². The number of benzene rings is 2. The van der Waals surface area contributed by atoms with Crippen LogP contribution in [0, 0.1) is 13.8 Å². The molecule has 14 heteroatoms. The summed E-state index contributed by atoms with van der Waals surface area (Å²) < 4.78 is 7.63. The highest BCUT2D eigenvalue weighted by atomic mass is 16.2. The number of nitrogens with two attached hydrogens (primary N) is 1. The predicted octanol–water partition coefficient (Wildman–Crippen LogP) is 4.21. The van der Waals surface area contributed by atoms with Crippen LogP contribution in [0.1, 0.15) is 80.3 Å². The van der Waals surface area contributed by atoms with Crippen LogP contribution in [0.25, 0.3) is 22.1 Å². The molecular formula is C37H43N11O3. The van der Waals surface area contributed by atoms with E-state index in [4.69, 9.17) is 20.8 Å². The molecule has 2 aromatic carbocycles. The number of hydrogen-bond donors (Lipinski definition) is 3. The summed E-state index contributed by atoms with van der Waals surface area (Å²) in [5.74, 6) is 0.254. The minimum atomic E-state index is -0.532. The van der Waals surface area contributed by atoms with Gasteiger partial charge in [0.1, 0.15) is 17.2 Å². The van der Waals surface area contributed by atoms with Gasteiger partial charge < -0.3 is 20.2 Å². The van der Waals surface area contributed by atoms with Gasteiger partial charge in [0.15, 0.2) is 5.78 Å². The first-order valence-electron chi connectivity index (χ1n) is 17.6. The number of aromatic nitrogens is 8. The van der Waals surface area contributed by atoms with Gasteiger partial charge in [-0.1, -0.05) is 18.6 Å². The van der Waals surface area contributed by atoms with Crippen molar-refractivity contribution in [3.63, 3.8) is 0 Å². The molecule has 0 unspecified atom stereocenters. The summed E-state index contributed by atoms with van der Waals surface area (Å²) in [5, 5.41) is 15.9. The fourth-order valence-corrected chi connectivity index (χ4v) is 7.11. The topological polar surface area (TPSA) is 173 Å². The number of para-hydroxylation sites is 2. The van der Waals surface area contributed by atoms with Gasteiger partial charge in [-0.3, -0.25) is 29.1 Å². The maximum absolute atomic E-state index is 14.2. The van der Waals surface area contributed by atoms with E-state index < -0.39 is 5.91 Å². The molecule has 0 saturated carbocycles. The Balaban J connectivity index is 1.23. The van der Waals surface area contributed by atoms with Crippen LogP contribution < -0.4 is 16.4 Å². The minimum Gasteiger partial charge on any atom is -0.366 e. The molecule has 1 aliphatic heterocycles.